The van der Waals surface area contributed by atoms with Crippen molar-refractivity contribution < 1.29 is 32.2 Å². The van der Waals surface area contributed by atoms with Crippen molar-refractivity contribution in [1.82, 2.24) is 15.0 Å². The Labute approximate surface area is 228 Å². The van der Waals surface area contributed by atoms with Gasteiger partial charge in [0.2, 0.25) is 0 Å². The molecule has 12 heteroatoms. The number of nitrogens with zero attached hydrogens (tertiary/aromatic N) is 4. The molecular weight excluding hydrogens is 533 g/mol. The summed E-state index contributed by atoms with van der Waals surface area (Å²) in [5.41, 5.74) is 1.57. The van der Waals surface area contributed by atoms with Crippen LogP contribution in [0.4, 0.5) is 19.0 Å². The smallest absolute Gasteiger partial charge is 0.466 e. The van der Waals surface area contributed by atoms with E-state index in [1.54, 1.807) is 25.3 Å². The molecule has 1 aliphatic rings. The van der Waals surface area contributed by atoms with E-state index < -0.39 is 6.36 Å². The summed E-state index contributed by atoms with van der Waals surface area (Å²) in [5, 5.41) is 0.539. The standard InChI is InChI=1S/C27H29F3N4O4S/c1-4-22-25(18-7-6-16(3)21(12-18)38-27(28,29)30)33-24(39-22)13-20(35)19-14-32-23(15-31-19)34-10-8-17(9-11-34)26(36)37-5-2/h6-7,12,14-15,17H,4-5,8-11,13H2,1-3H3. The summed E-state index contributed by atoms with van der Waals surface area (Å²) in [6.45, 7) is 6.90. The molecule has 1 saturated heterocycles. The average molecular weight is 563 g/mol. The van der Waals surface area contributed by atoms with Crippen molar-refractivity contribution in [2.24, 2.45) is 5.92 Å². The van der Waals surface area contributed by atoms with Crippen LogP contribution in [0.15, 0.2) is 30.6 Å². The van der Waals surface area contributed by atoms with Crippen molar-refractivity contribution in [3.8, 4) is 17.0 Å². The van der Waals surface area contributed by atoms with E-state index in [1.165, 1.54) is 30.5 Å². The molecule has 4 rings (SSSR count). The van der Waals surface area contributed by atoms with Gasteiger partial charge in [0.25, 0.3) is 0 Å². The highest BCUT2D eigenvalue weighted by Gasteiger charge is 2.32. The second-order valence-corrected chi connectivity index (χ2v) is 10.3. The Bertz CT molecular complexity index is 1320. The second kappa shape index (κ2) is 12.1. The number of thiazole rings is 1. The van der Waals surface area contributed by atoms with E-state index in [0.717, 1.165) is 4.88 Å². The van der Waals surface area contributed by atoms with Crippen LogP contribution in [-0.4, -0.2) is 52.8 Å². The minimum atomic E-state index is -4.80. The number of carbonyl (C=O) groups is 2. The number of hydrogen-bond acceptors (Lipinski definition) is 9. The first kappa shape index (κ1) is 28.5. The highest BCUT2D eigenvalue weighted by Crippen LogP contribution is 2.34. The van der Waals surface area contributed by atoms with Crippen LogP contribution in [0.2, 0.25) is 0 Å². The summed E-state index contributed by atoms with van der Waals surface area (Å²) in [6, 6.07) is 4.57. The number of aromatic nitrogens is 3. The summed E-state index contributed by atoms with van der Waals surface area (Å²) < 4.78 is 47.7. The van der Waals surface area contributed by atoms with Gasteiger partial charge in [-0.3, -0.25) is 9.59 Å². The Hall–Kier alpha value is -3.54. The number of ether oxygens (including phenoxy) is 2. The number of Topliss-reactive ketones (excluding diaryl/α,β-unsaturated/α-hetero) is 1. The third-order valence-corrected chi connectivity index (χ3v) is 7.62. The molecule has 208 valence electrons. The van der Waals surface area contributed by atoms with Gasteiger partial charge < -0.3 is 14.4 Å². The van der Waals surface area contributed by atoms with Gasteiger partial charge in [-0.05, 0) is 44.7 Å². The number of benzene rings is 1. The molecule has 8 nitrogen and oxygen atoms in total. The van der Waals surface area contributed by atoms with Crippen molar-refractivity contribution in [1.29, 1.82) is 0 Å². The number of anilines is 1. The predicted molar refractivity (Wildman–Crippen MR) is 140 cm³/mol. The fourth-order valence-electron chi connectivity index (χ4n) is 4.38. The molecule has 1 fully saturated rings. The van der Waals surface area contributed by atoms with Gasteiger partial charge in [0, 0.05) is 23.5 Å². The zero-order valence-corrected chi connectivity index (χ0v) is 22.7. The normalized spacial score (nSPS) is 14.4. The average Bonchev–Trinajstić information content (AvgIpc) is 3.32. The summed E-state index contributed by atoms with van der Waals surface area (Å²) in [7, 11) is 0. The van der Waals surface area contributed by atoms with Crippen LogP contribution >= 0.6 is 11.3 Å². The molecule has 1 aliphatic heterocycles. The lowest BCUT2D eigenvalue weighted by Gasteiger charge is -2.31. The first-order valence-electron chi connectivity index (χ1n) is 12.7. The van der Waals surface area contributed by atoms with Crippen LogP contribution in [0.1, 0.15) is 52.6 Å². The highest BCUT2D eigenvalue weighted by atomic mass is 32.1. The Kier molecular flexibility index (Phi) is 8.83. The molecule has 0 saturated carbocycles. The number of carbonyl (C=O) groups excluding carboxylic acids is 2. The van der Waals surface area contributed by atoms with Gasteiger partial charge in [-0.15, -0.1) is 24.5 Å². The molecule has 1 aromatic carbocycles. The topological polar surface area (TPSA) is 94.5 Å². The monoisotopic (exact) mass is 562 g/mol. The lowest BCUT2D eigenvalue weighted by atomic mass is 9.97. The molecular formula is C27H29F3N4O4S. The summed E-state index contributed by atoms with van der Waals surface area (Å²) >= 11 is 1.34. The molecule has 0 amide bonds. The molecule has 0 spiro atoms. The molecule has 0 aliphatic carbocycles. The van der Waals surface area contributed by atoms with Crippen LogP contribution in [0, 0.1) is 12.8 Å². The number of hydrogen-bond donors (Lipinski definition) is 0. The molecule has 3 aromatic rings. The fraction of sp³-hybridized carbons (Fsp3) is 0.444. The van der Waals surface area contributed by atoms with E-state index in [-0.39, 0.29) is 35.5 Å². The van der Waals surface area contributed by atoms with Gasteiger partial charge in [-0.25, -0.2) is 15.0 Å². The number of esters is 1. The van der Waals surface area contributed by atoms with E-state index in [1.807, 2.05) is 11.8 Å². The zero-order chi connectivity index (χ0) is 28.2. The van der Waals surface area contributed by atoms with Gasteiger partial charge in [-0.2, -0.15) is 0 Å². The van der Waals surface area contributed by atoms with E-state index >= 15 is 0 Å². The minimum Gasteiger partial charge on any atom is -0.466 e. The Morgan fingerprint density at radius 1 is 1.13 bits per heavy atom. The number of rotatable bonds is 9. The number of aryl methyl sites for hydroxylation is 2. The minimum absolute atomic E-state index is 0.00556. The van der Waals surface area contributed by atoms with E-state index in [4.69, 9.17) is 4.74 Å². The maximum absolute atomic E-state index is 12.9. The van der Waals surface area contributed by atoms with Crippen molar-refractivity contribution in [3.63, 3.8) is 0 Å². The van der Waals surface area contributed by atoms with Crippen LogP contribution in [0.25, 0.3) is 11.3 Å². The van der Waals surface area contributed by atoms with E-state index in [0.29, 0.717) is 66.6 Å². The van der Waals surface area contributed by atoms with Crippen LogP contribution < -0.4 is 9.64 Å². The quantitative estimate of drug-likeness (QED) is 0.247. The first-order chi connectivity index (χ1) is 18.6. The SMILES string of the molecule is CCOC(=O)C1CCN(c2cnc(C(=O)Cc3nc(-c4ccc(C)c(OC(F)(F)F)c4)c(CC)s3)cn2)CC1. The second-order valence-electron chi connectivity index (χ2n) is 9.13. The molecule has 0 N–H and O–H groups in total. The first-order valence-corrected chi connectivity index (χ1v) is 13.5. The van der Waals surface area contributed by atoms with Gasteiger partial charge in [0.15, 0.2) is 5.78 Å². The molecule has 0 bridgehead atoms. The van der Waals surface area contributed by atoms with E-state index in [2.05, 4.69) is 19.7 Å². The number of halogens is 3. The molecule has 0 atom stereocenters. The largest absolute Gasteiger partial charge is 0.573 e. The van der Waals surface area contributed by atoms with Crippen LogP contribution in [0.3, 0.4) is 0 Å². The fourth-order valence-corrected chi connectivity index (χ4v) is 5.41. The summed E-state index contributed by atoms with van der Waals surface area (Å²) in [4.78, 5) is 41.1. The van der Waals surface area contributed by atoms with Crippen molar-refractivity contribution >= 4 is 28.9 Å². The molecule has 0 unspecified atom stereocenters. The Balaban J connectivity index is 1.43. The van der Waals surface area contributed by atoms with Gasteiger partial charge in [-0.1, -0.05) is 19.1 Å². The summed E-state index contributed by atoms with van der Waals surface area (Å²) in [5.74, 6) is -0.195. The van der Waals surface area contributed by atoms with Crippen molar-refractivity contribution in [2.75, 3.05) is 24.6 Å². The molecule has 39 heavy (non-hydrogen) atoms. The number of ketones is 1. The maximum Gasteiger partial charge on any atom is 0.573 e. The molecule has 0 radical (unpaired) electrons. The van der Waals surface area contributed by atoms with Gasteiger partial charge >= 0.3 is 12.3 Å². The van der Waals surface area contributed by atoms with Gasteiger partial charge in [0.05, 0.1) is 37.0 Å². The van der Waals surface area contributed by atoms with Crippen LogP contribution in [-0.2, 0) is 22.4 Å². The Morgan fingerprint density at radius 2 is 1.87 bits per heavy atom. The third kappa shape index (κ3) is 7.11. The zero-order valence-electron chi connectivity index (χ0n) is 21.9. The maximum atomic E-state index is 12.9. The van der Waals surface area contributed by atoms with Crippen LogP contribution in [0.5, 0.6) is 5.75 Å². The lowest BCUT2D eigenvalue weighted by molar-refractivity contribution is -0.274. The third-order valence-electron chi connectivity index (χ3n) is 6.42. The summed E-state index contributed by atoms with van der Waals surface area (Å²) in [6.07, 6.45) is 0.116. The molecule has 3 heterocycles. The number of piperidine rings is 1. The molecule has 2 aromatic heterocycles. The van der Waals surface area contributed by atoms with Crippen molar-refractivity contribution in [3.05, 3.63) is 51.7 Å². The van der Waals surface area contributed by atoms with Crippen molar-refractivity contribution in [2.45, 2.75) is 52.8 Å². The Morgan fingerprint density at radius 3 is 2.49 bits per heavy atom. The predicted octanol–water partition coefficient (Wildman–Crippen LogP) is 5.57. The van der Waals surface area contributed by atoms with Gasteiger partial charge in [0.1, 0.15) is 22.3 Å². The van der Waals surface area contributed by atoms with E-state index in [9.17, 15) is 22.8 Å². The highest BCUT2D eigenvalue weighted by molar-refractivity contribution is 7.12. The number of alkyl halides is 3. The lowest BCUT2D eigenvalue weighted by Crippen LogP contribution is -2.37.